The number of benzene rings is 8. The molecule has 8 aromatic rings. The van der Waals surface area contributed by atoms with Crippen molar-refractivity contribution in [2.45, 2.75) is 59.7 Å². The molecule has 0 heterocycles. The van der Waals surface area contributed by atoms with Gasteiger partial charge in [0.05, 0.1) is 0 Å². The average molecular weight is 1110 g/mol. The van der Waals surface area contributed by atoms with Crippen LogP contribution in [0.4, 0.5) is 26.3 Å². The van der Waals surface area contributed by atoms with Gasteiger partial charge < -0.3 is 4.74 Å². The molecule has 390 valence electrons. The lowest BCUT2D eigenvalue weighted by Gasteiger charge is -2.11. The Labute approximate surface area is 451 Å². The summed E-state index contributed by atoms with van der Waals surface area (Å²) in [6, 6.07) is 46.5. The number of hydrogen-bond donors (Lipinski definition) is 0. The zero-order valence-corrected chi connectivity index (χ0v) is 44.0. The van der Waals surface area contributed by atoms with Gasteiger partial charge in [0.1, 0.15) is 23.2 Å². The molecule has 77 heavy (non-hydrogen) atoms. The van der Waals surface area contributed by atoms with Gasteiger partial charge in [-0.25, -0.2) is 13.2 Å². The van der Waals surface area contributed by atoms with Gasteiger partial charge in [-0.1, -0.05) is 153 Å². The summed E-state index contributed by atoms with van der Waals surface area (Å²) in [7, 11) is 0. The summed E-state index contributed by atoms with van der Waals surface area (Å²) in [5.41, 5.74) is 13.5. The maximum atomic E-state index is 13.9. The van der Waals surface area contributed by atoms with Crippen LogP contribution in [-0.4, -0.2) is 29.5 Å². The van der Waals surface area contributed by atoms with Gasteiger partial charge >= 0.3 is 6.36 Å². The highest BCUT2D eigenvalue weighted by Gasteiger charge is 2.34. The highest BCUT2D eigenvalue weighted by atomic mass is 79.9. The number of ether oxygens (including phenoxy) is 1. The molecule has 0 bridgehead atoms. The third kappa shape index (κ3) is 11.7. The lowest BCUT2D eigenvalue weighted by Crippen LogP contribution is -2.16. The van der Waals surface area contributed by atoms with E-state index < -0.39 is 18.0 Å². The largest absolute Gasteiger partial charge is 0.573 e. The van der Waals surface area contributed by atoms with Gasteiger partial charge in [-0.15, -0.1) is 13.2 Å². The number of fused-ring (bicyclic) bond motifs is 4. The van der Waals surface area contributed by atoms with Crippen LogP contribution in [0.2, 0.25) is 0 Å². The Balaban J connectivity index is 0.000000125. The van der Waals surface area contributed by atoms with Gasteiger partial charge in [-0.3, -0.25) is 19.2 Å². The Morgan fingerprint density at radius 3 is 1.09 bits per heavy atom. The molecule has 4 unspecified atom stereocenters. The monoisotopic (exact) mass is 1100 g/mol. The first kappa shape index (κ1) is 54.1. The van der Waals surface area contributed by atoms with Crippen molar-refractivity contribution < 1.29 is 50.3 Å². The molecular weight excluding hydrogens is 1050 g/mol. The van der Waals surface area contributed by atoms with E-state index in [1.165, 1.54) is 54.1 Å². The fourth-order valence-corrected chi connectivity index (χ4v) is 10.9. The van der Waals surface area contributed by atoms with Crippen LogP contribution >= 0.6 is 15.9 Å². The van der Waals surface area contributed by atoms with Crippen LogP contribution in [0.15, 0.2) is 168 Å². The smallest absolute Gasteiger partial charge is 0.406 e. The van der Waals surface area contributed by atoms with Crippen molar-refractivity contribution in [2.75, 3.05) is 0 Å². The molecule has 0 N–H and O–H groups in total. The Bertz CT molecular complexity index is 3460. The Hall–Kier alpha value is -7.70. The molecule has 4 atom stereocenters. The lowest BCUT2D eigenvalue weighted by molar-refractivity contribution is -0.274. The summed E-state index contributed by atoms with van der Waals surface area (Å²) in [5, 5.41) is 0. The molecule has 0 saturated heterocycles. The fourth-order valence-electron chi connectivity index (χ4n) is 10.7. The number of carbonyl (C=O) groups excluding carboxylic acids is 4. The normalized spacial score (nSPS) is 17.7. The van der Waals surface area contributed by atoms with Gasteiger partial charge in [0.25, 0.3) is 0 Å². The van der Waals surface area contributed by atoms with Crippen molar-refractivity contribution in [3.05, 3.63) is 230 Å². The van der Waals surface area contributed by atoms with E-state index in [0.717, 1.165) is 79.0 Å². The summed E-state index contributed by atoms with van der Waals surface area (Å²) >= 11 is 3.43. The summed E-state index contributed by atoms with van der Waals surface area (Å²) < 4.78 is 81.2. The van der Waals surface area contributed by atoms with Crippen molar-refractivity contribution >= 4 is 39.1 Å². The Morgan fingerprint density at radius 2 is 0.727 bits per heavy atom. The molecule has 0 aromatic heterocycles. The number of carbonyl (C=O) groups is 4. The Morgan fingerprint density at radius 1 is 0.403 bits per heavy atom. The van der Waals surface area contributed by atoms with Crippen LogP contribution in [0.3, 0.4) is 0 Å². The third-order valence-corrected chi connectivity index (χ3v) is 14.9. The fraction of sp³-hybridized carbons (Fsp3) is 0.200. The molecule has 12 rings (SSSR count). The van der Waals surface area contributed by atoms with Crippen molar-refractivity contribution in [3.63, 3.8) is 0 Å². The first-order chi connectivity index (χ1) is 36.8. The zero-order valence-electron chi connectivity index (χ0n) is 42.4. The van der Waals surface area contributed by atoms with E-state index in [4.69, 9.17) is 0 Å². The summed E-state index contributed by atoms with van der Waals surface area (Å²) in [6.07, 6.45) is -1.63. The molecule has 0 saturated carbocycles. The summed E-state index contributed by atoms with van der Waals surface area (Å²) in [4.78, 5) is 48.9. The van der Waals surface area contributed by atoms with Gasteiger partial charge in [0.2, 0.25) is 0 Å². The zero-order chi connectivity index (χ0) is 54.9. The molecule has 4 aliphatic rings. The van der Waals surface area contributed by atoms with Gasteiger partial charge in [0, 0.05) is 62.0 Å². The van der Waals surface area contributed by atoms with E-state index in [1.807, 2.05) is 100 Å². The number of Topliss-reactive ketones (excluding diaryl/α,β-unsaturated/α-hetero) is 4. The first-order valence-electron chi connectivity index (χ1n) is 25.2. The van der Waals surface area contributed by atoms with Crippen molar-refractivity contribution in [1.82, 2.24) is 0 Å². The van der Waals surface area contributed by atoms with Crippen molar-refractivity contribution in [3.8, 4) is 50.3 Å². The maximum absolute atomic E-state index is 13.9. The second-order valence-corrected chi connectivity index (χ2v) is 20.9. The van der Waals surface area contributed by atoms with E-state index in [1.54, 1.807) is 18.2 Å². The number of rotatable bonds is 5. The Kier molecular flexibility index (Phi) is 15.8. The quantitative estimate of drug-likeness (QED) is 0.161. The minimum atomic E-state index is -4.71. The molecule has 0 radical (unpaired) electrons. The number of ketones is 4. The minimum absolute atomic E-state index is 0.0364. The van der Waals surface area contributed by atoms with Crippen LogP contribution in [0.1, 0.15) is 91.4 Å². The molecular formula is C65H51BrF6O5. The van der Waals surface area contributed by atoms with Crippen LogP contribution in [-0.2, 0) is 25.7 Å². The average Bonchev–Trinajstić information content (AvgIpc) is 4.10. The minimum Gasteiger partial charge on any atom is -0.406 e. The SMILES string of the molecule is CC1Cc2cccc(-c3ccc(Br)cc3)c2C1=O.CC1Cc2cccc(-c3ccc(F)cc3)c2C1=O.CC1Cc2cccc(-c3ccc(F)cc3F)c2C1=O.CC1Cc2cccc(-c3ccc(OC(F)(F)F)cc3)c2C1=O. The summed E-state index contributed by atoms with van der Waals surface area (Å²) in [5.74, 6) is -1.13. The second-order valence-electron chi connectivity index (χ2n) is 19.9. The molecule has 0 spiro atoms. The summed E-state index contributed by atoms with van der Waals surface area (Å²) in [6.45, 7) is 7.71. The van der Waals surface area contributed by atoms with Gasteiger partial charge in [-0.2, -0.15) is 0 Å². The predicted octanol–water partition coefficient (Wildman–Crippen LogP) is 17.0. The van der Waals surface area contributed by atoms with Crippen LogP contribution in [0.25, 0.3) is 44.5 Å². The molecule has 4 aliphatic carbocycles. The maximum Gasteiger partial charge on any atom is 0.573 e. The molecule has 12 heteroatoms. The third-order valence-electron chi connectivity index (χ3n) is 14.4. The van der Waals surface area contributed by atoms with Crippen molar-refractivity contribution in [1.29, 1.82) is 0 Å². The molecule has 0 fully saturated rings. The van der Waals surface area contributed by atoms with Crippen LogP contribution in [0, 0.1) is 41.1 Å². The standard InChI is InChI=1S/C17H13F3O2.C16H13BrO.C16H12F2O.C16H13FO/c1-10-9-12-3-2-4-14(15(12)16(10)21)11-5-7-13(8-6-11)22-17(18,19)20;1-10-9-12-3-2-4-14(15(12)16(10)18)11-5-7-13(17)8-6-11;1-9-7-10-3-2-4-13(15(10)16(9)19)12-6-5-11(17)8-14(12)18;1-10-9-12-3-2-4-14(15(12)16(10)18)11-5-7-13(17)8-6-11/h2-8,10H,9H2,1H3;2-8,10H,9H2,1H3;2-6,8-9H,7H2,1H3;2-8,10H,9H2,1H3. The number of halogens is 7. The first-order valence-corrected chi connectivity index (χ1v) is 26.0. The number of alkyl halides is 3. The van der Waals surface area contributed by atoms with E-state index in [2.05, 4.69) is 38.9 Å². The molecule has 5 nitrogen and oxygen atoms in total. The van der Waals surface area contributed by atoms with E-state index in [-0.39, 0.29) is 63.9 Å². The van der Waals surface area contributed by atoms with Gasteiger partial charge in [-0.05, 0) is 135 Å². The van der Waals surface area contributed by atoms with E-state index in [9.17, 15) is 45.5 Å². The molecule has 0 amide bonds. The van der Waals surface area contributed by atoms with Gasteiger partial charge in [0.15, 0.2) is 23.1 Å². The van der Waals surface area contributed by atoms with Crippen LogP contribution < -0.4 is 4.74 Å². The number of hydrogen-bond acceptors (Lipinski definition) is 5. The highest BCUT2D eigenvalue weighted by molar-refractivity contribution is 9.10. The van der Waals surface area contributed by atoms with E-state index >= 15 is 0 Å². The van der Waals surface area contributed by atoms with Crippen molar-refractivity contribution in [2.24, 2.45) is 23.7 Å². The highest BCUT2D eigenvalue weighted by Crippen LogP contribution is 2.40. The molecule has 8 aromatic carbocycles. The van der Waals surface area contributed by atoms with E-state index in [0.29, 0.717) is 35.1 Å². The lowest BCUT2D eigenvalue weighted by atomic mass is 9.95. The van der Waals surface area contributed by atoms with Crippen LogP contribution in [0.5, 0.6) is 5.75 Å². The second kappa shape index (κ2) is 22.5. The molecule has 0 aliphatic heterocycles. The topological polar surface area (TPSA) is 77.5 Å². The predicted molar refractivity (Wildman–Crippen MR) is 291 cm³/mol.